The van der Waals surface area contributed by atoms with Crippen molar-refractivity contribution < 1.29 is 9.90 Å². The predicted octanol–water partition coefficient (Wildman–Crippen LogP) is 2.53. The first-order chi connectivity index (χ1) is 11.2. The number of aliphatic hydroxyl groups excluding tert-OH is 1. The van der Waals surface area contributed by atoms with Crippen LogP contribution in [0.3, 0.4) is 0 Å². The minimum absolute atomic E-state index is 0.0780. The average molecular weight is 316 g/mol. The van der Waals surface area contributed by atoms with Crippen LogP contribution in [-0.4, -0.2) is 58.6 Å². The molecular weight excluding hydrogens is 288 g/mol. The van der Waals surface area contributed by atoms with E-state index in [1.807, 2.05) is 35.2 Å². The van der Waals surface area contributed by atoms with Gasteiger partial charge in [-0.3, -0.25) is 9.69 Å². The van der Waals surface area contributed by atoms with E-state index >= 15 is 0 Å². The molecule has 1 aromatic carbocycles. The van der Waals surface area contributed by atoms with E-state index in [0.29, 0.717) is 6.54 Å². The van der Waals surface area contributed by atoms with Crippen LogP contribution in [0.2, 0.25) is 0 Å². The molecular formula is C19H28N2O2. The van der Waals surface area contributed by atoms with E-state index in [-0.39, 0.29) is 18.0 Å². The van der Waals surface area contributed by atoms with E-state index < -0.39 is 6.10 Å². The van der Waals surface area contributed by atoms with Gasteiger partial charge in [0.15, 0.2) is 0 Å². The summed E-state index contributed by atoms with van der Waals surface area (Å²) in [5, 5.41) is 10.6. The van der Waals surface area contributed by atoms with Crippen molar-refractivity contribution in [1.29, 1.82) is 0 Å². The maximum absolute atomic E-state index is 13.2. The number of amides is 1. The molecule has 4 nitrogen and oxygen atoms in total. The van der Waals surface area contributed by atoms with Crippen LogP contribution in [0.4, 0.5) is 0 Å². The lowest BCUT2D eigenvalue weighted by molar-refractivity contribution is 0.0295. The highest BCUT2D eigenvalue weighted by Crippen LogP contribution is 2.29. The maximum Gasteiger partial charge on any atom is 0.254 e. The molecule has 23 heavy (non-hydrogen) atoms. The van der Waals surface area contributed by atoms with Gasteiger partial charge in [0.05, 0.1) is 12.1 Å². The Morgan fingerprint density at radius 3 is 2.48 bits per heavy atom. The number of nitrogens with zero attached hydrogens (tertiary/aromatic N) is 2. The Hall–Kier alpha value is -1.39. The monoisotopic (exact) mass is 316 g/mol. The maximum atomic E-state index is 13.2. The van der Waals surface area contributed by atoms with Crippen molar-refractivity contribution in [3.63, 3.8) is 0 Å². The molecule has 4 heteroatoms. The zero-order valence-corrected chi connectivity index (χ0v) is 14.0. The minimum atomic E-state index is -0.440. The second-order valence-corrected chi connectivity index (χ2v) is 6.86. The first-order valence-electron chi connectivity index (χ1n) is 8.99. The molecule has 1 N–H and O–H groups in total. The zero-order chi connectivity index (χ0) is 16.2. The van der Waals surface area contributed by atoms with Crippen molar-refractivity contribution in [1.82, 2.24) is 9.80 Å². The lowest BCUT2D eigenvalue weighted by atomic mass is 9.92. The van der Waals surface area contributed by atoms with Crippen molar-refractivity contribution in [3.05, 3.63) is 35.9 Å². The predicted molar refractivity (Wildman–Crippen MR) is 91.4 cm³/mol. The SMILES string of the molecule is CCN1CC(O)C(N(C(=O)c2ccccc2)C2CCCCC2)C1. The van der Waals surface area contributed by atoms with E-state index in [2.05, 4.69) is 11.8 Å². The Bertz CT molecular complexity index is 513. The lowest BCUT2D eigenvalue weighted by Crippen LogP contribution is -2.52. The van der Waals surface area contributed by atoms with Crippen LogP contribution in [0, 0.1) is 0 Å². The highest BCUT2D eigenvalue weighted by Gasteiger charge is 2.40. The zero-order valence-electron chi connectivity index (χ0n) is 14.0. The molecule has 0 radical (unpaired) electrons. The van der Waals surface area contributed by atoms with Gasteiger partial charge in [-0.2, -0.15) is 0 Å². The summed E-state index contributed by atoms with van der Waals surface area (Å²) in [6, 6.07) is 9.73. The van der Waals surface area contributed by atoms with E-state index in [1.165, 1.54) is 19.3 Å². The summed E-state index contributed by atoms with van der Waals surface area (Å²) in [7, 11) is 0. The standard InChI is InChI=1S/C19H28N2O2/c1-2-20-13-17(18(22)14-20)21(16-11-7-4-8-12-16)19(23)15-9-5-3-6-10-15/h3,5-6,9-10,16-18,22H,2,4,7-8,11-14H2,1H3. The molecule has 1 amide bonds. The number of likely N-dealkylation sites (tertiary alicyclic amines) is 1. The van der Waals surface area contributed by atoms with Crippen LogP contribution in [0.25, 0.3) is 0 Å². The van der Waals surface area contributed by atoms with Crippen LogP contribution in [0.1, 0.15) is 49.4 Å². The molecule has 2 atom stereocenters. The molecule has 0 aromatic heterocycles. The first-order valence-corrected chi connectivity index (χ1v) is 8.99. The molecule has 126 valence electrons. The highest BCUT2D eigenvalue weighted by atomic mass is 16.3. The molecule has 1 aliphatic heterocycles. The topological polar surface area (TPSA) is 43.8 Å². The van der Waals surface area contributed by atoms with E-state index in [9.17, 15) is 9.90 Å². The second kappa shape index (κ2) is 7.45. The molecule has 1 saturated heterocycles. The third kappa shape index (κ3) is 3.59. The normalized spacial score (nSPS) is 26.3. The molecule has 2 aliphatic rings. The van der Waals surface area contributed by atoms with Gasteiger partial charge in [0.25, 0.3) is 5.91 Å². The van der Waals surface area contributed by atoms with E-state index in [4.69, 9.17) is 0 Å². The van der Waals surface area contributed by atoms with Gasteiger partial charge in [-0.15, -0.1) is 0 Å². The third-order valence-corrected chi connectivity index (χ3v) is 5.36. The van der Waals surface area contributed by atoms with Crippen LogP contribution >= 0.6 is 0 Å². The van der Waals surface area contributed by atoms with Crippen molar-refractivity contribution >= 4 is 5.91 Å². The molecule has 2 unspecified atom stereocenters. The Balaban J connectivity index is 1.86. The summed E-state index contributed by atoms with van der Waals surface area (Å²) >= 11 is 0. The van der Waals surface area contributed by atoms with E-state index in [1.54, 1.807) is 0 Å². The van der Waals surface area contributed by atoms with Crippen molar-refractivity contribution in [2.45, 2.75) is 57.2 Å². The summed E-state index contributed by atoms with van der Waals surface area (Å²) in [6.45, 7) is 4.49. The largest absolute Gasteiger partial charge is 0.390 e. The van der Waals surface area contributed by atoms with Crippen LogP contribution < -0.4 is 0 Å². The number of benzene rings is 1. The summed E-state index contributed by atoms with van der Waals surface area (Å²) in [5.74, 6) is 0.0829. The van der Waals surface area contributed by atoms with Gasteiger partial charge in [0, 0.05) is 24.7 Å². The fraction of sp³-hybridized carbons (Fsp3) is 0.632. The lowest BCUT2D eigenvalue weighted by Gasteiger charge is -2.39. The molecule has 0 spiro atoms. The molecule has 2 fully saturated rings. The van der Waals surface area contributed by atoms with E-state index in [0.717, 1.165) is 31.5 Å². The summed E-state index contributed by atoms with van der Waals surface area (Å²) in [4.78, 5) is 17.4. The van der Waals surface area contributed by atoms with Gasteiger partial charge in [0.1, 0.15) is 0 Å². The molecule has 1 heterocycles. The molecule has 1 saturated carbocycles. The number of likely N-dealkylation sites (N-methyl/N-ethyl adjacent to an activating group) is 1. The Morgan fingerprint density at radius 2 is 1.87 bits per heavy atom. The number of carbonyl (C=O) groups excluding carboxylic acids is 1. The van der Waals surface area contributed by atoms with Gasteiger partial charge in [-0.25, -0.2) is 0 Å². The second-order valence-electron chi connectivity index (χ2n) is 6.86. The van der Waals surface area contributed by atoms with Crippen molar-refractivity contribution in [2.75, 3.05) is 19.6 Å². The molecule has 0 bridgehead atoms. The molecule has 1 aromatic rings. The number of hydrogen-bond acceptors (Lipinski definition) is 3. The summed E-state index contributed by atoms with van der Waals surface area (Å²) in [5.41, 5.74) is 0.736. The number of β-amino-alcohol motifs (C(OH)–C–C–N with tert-alkyl or cyclic N) is 1. The Kier molecular flexibility index (Phi) is 5.34. The smallest absolute Gasteiger partial charge is 0.254 e. The fourth-order valence-corrected chi connectivity index (χ4v) is 4.05. The Labute approximate surface area is 139 Å². The van der Waals surface area contributed by atoms with Gasteiger partial charge in [0.2, 0.25) is 0 Å². The van der Waals surface area contributed by atoms with Crippen LogP contribution in [0.15, 0.2) is 30.3 Å². The average Bonchev–Trinajstić information content (AvgIpc) is 2.98. The fourth-order valence-electron chi connectivity index (χ4n) is 4.05. The molecule has 1 aliphatic carbocycles. The number of aliphatic hydroxyl groups is 1. The molecule has 3 rings (SSSR count). The van der Waals surface area contributed by atoms with Gasteiger partial charge in [-0.05, 0) is 31.5 Å². The summed E-state index contributed by atoms with van der Waals surface area (Å²) in [6.07, 6.45) is 5.32. The van der Waals surface area contributed by atoms with Crippen LogP contribution in [-0.2, 0) is 0 Å². The number of rotatable bonds is 4. The van der Waals surface area contributed by atoms with Gasteiger partial charge in [-0.1, -0.05) is 44.4 Å². The van der Waals surface area contributed by atoms with Crippen molar-refractivity contribution in [2.24, 2.45) is 0 Å². The van der Waals surface area contributed by atoms with Crippen LogP contribution in [0.5, 0.6) is 0 Å². The highest BCUT2D eigenvalue weighted by molar-refractivity contribution is 5.94. The minimum Gasteiger partial charge on any atom is -0.390 e. The quantitative estimate of drug-likeness (QED) is 0.928. The third-order valence-electron chi connectivity index (χ3n) is 5.36. The number of hydrogen-bond donors (Lipinski definition) is 1. The van der Waals surface area contributed by atoms with Crippen molar-refractivity contribution in [3.8, 4) is 0 Å². The van der Waals surface area contributed by atoms with Gasteiger partial charge < -0.3 is 10.0 Å². The van der Waals surface area contributed by atoms with Gasteiger partial charge >= 0.3 is 0 Å². The number of carbonyl (C=O) groups is 1. The summed E-state index contributed by atoms with van der Waals surface area (Å²) < 4.78 is 0. The Morgan fingerprint density at radius 1 is 1.17 bits per heavy atom. The first kappa shape index (κ1) is 16.5.